The fourth-order valence-corrected chi connectivity index (χ4v) is 2.08. The van der Waals surface area contributed by atoms with E-state index in [0.29, 0.717) is 0 Å². The Kier molecular flexibility index (Phi) is 48.5. The number of carbonyl (C=O) groups is 4. The topological polar surface area (TPSA) is 161 Å². The molecule has 9 heteroatoms. The van der Waals surface area contributed by atoms with Gasteiger partial charge < -0.3 is 39.6 Å². The van der Waals surface area contributed by atoms with Crippen molar-refractivity contribution >= 4 is 51.2 Å². The van der Waals surface area contributed by atoms with Crippen molar-refractivity contribution in [2.24, 2.45) is 0 Å². The minimum Gasteiger partial charge on any atom is -0.550 e. The molecule has 0 aromatic carbocycles. The molecule has 0 saturated carbocycles. The van der Waals surface area contributed by atoms with Crippen LogP contribution in [0.1, 0.15) is 130 Å². The molecule has 0 aromatic rings. The fourth-order valence-electron chi connectivity index (χ4n) is 2.08. The van der Waals surface area contributed by atoms with Crippen LogP contribution in [0.4, 0.5) is 0 Å². The first-order chi connectivity index (χ1) is 15.1. The van der Waals surface area contributed by atoms with Gasteiger partial charge in [-0.1, -0.05) is 79.1 Å². The number of carboxylic acid groups (broad SMARTS) is 4. The van der Waals surface area contributed by atoms with Gasteiger partial charge >= 0.3 is 0 Å². The molecule has 0 rings (SSSR count). The van der Waals surface area contributed by atoms with Gasteiger partial charge in [0.1, 0.15) is 0 Å². The Morgan fingerprint density at radius 3 is 0.636 bits per heavy atom. The standard InChI is InChI=1S/4C6H12O2.Pb/c4*1-2-3-4-5-6(7)8;/h4*2-5H2,1H3,(H,7,8);/p-4. The van der Waals surface area contributed by atoms with Crippen molar-refractivity contribution < 1.29 is 39.6 Å². The van der Waals surface area contributed by atoms with Crippen molar-refractivity contribution in [3.63, 3.8) is 0 Å². The second-order valence-corrected chi connectivity index (χ2v) is 7.32. The number of rotatable bonds is 16. The predicted molar refractivity (Wildman–Crippen MR) is 122 cm³/mol. The van der Waals surface area contributed by atoms with Gasteiger partial charge in [-0.05, 0) is 51.4 Å². The summed E-state index contributed by atoms with van der Waals surface area (Å²) in [4.78, 5) is 39.1. The zero-order valence-electron chi connectivity index (χ0n) is 21.1. The molecule has 0 amide bonds. The van der Waals surface area contributed by atoms with E-state index in [0.717, 1.165) is 77.0 Å². The van der Waals surface area contributed by atoms with Gasteiger partial charge in [0.25, 0.3) is 0 Å². The van der Waals surface area contributed by atoms with Gasteiger partial charge in [0, 0.05) is 51.2 Å². The third kappa shape index (κ3) is 72.3. The van der Waals surface area contributed by atoms with Crippen LogP contribution in [0.15, 0.2) is 0 Å². The molecule has 33 heavy (non-hydrogen) atoms. The largest absolute Gasteiger partial charge is 0.550 e. The first-order valence-electron chi connectivity index (χ1n) is 11.9. The van der Waals surface area contributed by atoms with Crippen molar-refractivity contribution in [2.45, 2.75) is 130 Å². The predicted octanol–water partition coefficient (Wildman–Crippen LogP) is 0.886. The van der Waals surface area contributed by atoms with E-state index >= 15 is 0 Å². The molecule has 0 aliphatic heterocycles. The third-order valence-corrected chi connectivity index (χ3v) is 3.94. The van der Waals surface area contributed by atoms with Crippen LogP contribution in [0.5, 0.6) is 0 Å². The van der Waals surface area contributed by atoms with Gasteiger partial charge in [0.05, 0.1) is 0 Å². The summed E-state index contributed by atoms with van der Waals surface area (Å²) in [6.45, 7) is 8.15. The van der Waals surface area contributed by atoms with Gasteiger partial charge in [0.2, 0.25) is 0 Å². The van der Waals surface area contributed by atoms with Crippen LogP contribution in [0, 0.1) is 0 Å². The Morgan fingerprint density at radius 1 is 0.394 bits per heavy atom. The summed E-state index contributed by atoms with van der Waals surface area (Å²) in [7, 11) is 0. The summed E-state index contributed by atoms with van der Waals surface area (Å²) in [6.07, 6.45) is 12.1. The molecule has 0 spiro atoms. The summed E-state index contributed by atoms with van der Waals surface area (Å²) < 4.78 is 0. The zero-order chi connectivity index (χ0) is 25.6. The van der Waals surface area contributed by atoms with Crippen molar-refractivity contribution in [2.75, 3.05) is 0 Å². The summed E-state index contributed by atoms with van der Waals surface area (Å²) in [5.41, 5.74) is 0. The Balaban J connectivity index is -0.000000105. The van der Waals surface area contributed by atoms with Gasteiger partial charge in [-0.25, -0.2) is 0 Å². The van der Waals surface area contributed by atoms with Crippen LogP contribution in [0.25, 0.3) is 0 Å². The number of hydrogen-bond acceptors (Lipinski definition) is 8. The molecule has 4 radical (unpaired) electrons. The minimum absolute atomic E-state index is 0. The van der Waals surface area contributed by atoms with Crippen LogP contribution in [0.2, 0.25) is 0 Å². The quantitative estimate of drug-likeness (QED) is 0.173. The van der Waals surface area contributed by atoms with Gasteiger partial charge in [-0.3, -0.25) is 0 Å². The van der Waals surface area contributed by atoms with Gasteiger partial charge in [0.15, 0.2) is 0 Å². The van der Waals surface area contributed by atoms with Gasteiger partial charge in [-0.2, -0.15) is 0 Å². The van der Waals surface area contributed by atoms with E-state index < -0.39 is 23.9 Å². The Hall–Kier alpha value is -1.20. The number of carboxylic acids is 4. The molecule has 0 aliphatic carbocycles. The fraction of sp³-hybridized carbons (Fsp3) is 0.833. The normalized spacial score (nSPS) is 8.85. The third-order valence-electron chi connectivity index (χ3n) is 3.94. The second-order valence-electron chi connectivity index (χ2n) is 7.32. The molecule has 0 unspecified atom stereocenters. The Labute approximate surface area is 220 Å². The van der Waals surface area contributed by atoms with E-state index in [4.69, 9.17) is 0 Å². The minimum atomic E-state index is -0.932. The van der Waals surface area contributed by atoms with Crippen LogP contribution in [-0.2, 0) is 19.2 Å². The van der Waals surface area contributed by atoms with E-state index in [1.54, 1.807) is 0 Å². The number of carbonyl (C=O) groups excluding carboxylic acids is 4. The average Bonchev–Trinajstić information content (AvgIpc) is 2.69. The molecular weight excluding hydrogens is 623 g/mol. The number of hydrogen-bond donors (Lipinski definition) is 0. The first-order valence-corrected chi connectivity index (χ1v) is 11.9. The molecular formula is C24H44O8Pb-4. The van der Waals surface area contributed by atoms with E-state index in [2.05, 4.69) is 0 Å². The summed E-state index contributed by atoms with van der Waals surface area (Å²) in [6, 6.07) is 0. The molecule has 0 N–H and O–H groups in total. The summed E-state index contributed by atoms with van der Waals surface area (Å²) >= 11 is 0. The zero-order valence-corrected chi connectivity index (χ0v) is 25.0. The monoisotopic (exact) mass is 668 g/mol. The second kappa shape index (κ2) is 38.1. The average molecular weight is 668 g/mol. The first kappa shape index (κ1) is 42.0. The van der Waals surface area contributed by atoms with E-state index in [-0.39, 0.29) is 53.0 Å². The van der Waals surface area contributed by atoms with Crippen LogP contribution < -0.4 is 20.4 Å². The molecule has 0 saturated heterocycles. The van der Waals surface area contributed by atoms with Crippen molar-refractivity contribution in [3.8, 4) is 0 Å². The molecule has 0 heterocycles. The molecule has 0 aliphatic rings. The van der Waals surface area contributed by atoms with E-state index in [1.165, 1.54) is 0 Å². The molecule has 196 valence electrons. The Morgan fingerprint density at radius 2 is 0.545 bits per heavy atom. The summed E-state index contributed by atoms with van der Waals surface area (Å²) in [5.74, 6) is -3.73. The molecule has 0 aromatic heterocycles. The SMILES string of the molecule is CCCCCC(=O)[O-].CCCCCC(=O)[O-].CCCCCC(=O)[O-].CCCCCC(=O)[O-].[Pb]. The smallest absolute Gasteiger partial charge is 0.0414 e. The molecule has 0 fully saturated rings. The number of aliphatic carboxylic acids is 4. The van der Waals surface area contributed by atoms with Crippen molar-refractivity contribution in [3.05, 3.63) is 0 Å². The maximum Gasteiger partial charge on any atom is 0.0414 e. The van der Waals surface area contributed by atoms with E-state index in [9.17, 15) is 39.6 Å². The molecule has 0 bridgehead atoms. The number of unbranched alkanes of at least 4 members (excludes halogenated alkanes) is 8. The van der Waals surface area contributed by atoms with Crippen LogP contribution >= 0.6 is 0 Å². The van der Waals surface area contributed by atoms with Crippen LogP contribution in [-0.4, -0.2) is 51.2 Å². The molecule has 0 atom stereocenters. The van der Waals surface area contributed by atoms with Crippen molar-refractivity contribution in [1.29, 1.82) is 0 Å². The van der Waals surface area contributed by atoms with Gasteiger partial charge in [-0.15, -0.1) is 0 Å². The summed E-state index contributed by atoms with van der Waals surface area (Å²) in [5, 5.41) is 39.1. The van der Waals surface area contributed by atoms with E-state index in [1.807, 2.05) is 27.7 Å². The molecule has 8 nitrogen and oxygen atoms in total. The maximum absolute atomic E-state index is 9.76. The van der Waals surface area contributed by atoms with Crippen LogP contribution in [0.3, 0.4) is 0 Å². The Bertz CT molecular complexity index is 362. The maximum atomic E-state index is 9.76. The van der Waals surface area contributed by atoms with Crippen molar-refractivity contribution in [1.82, 2.24) is 0 Å².